The molecule has 0 aliphatic carbocycles. The minimum absolute atomic E-state index is 0.0545. The van der Waals surface area contributed by atoms with Crippen molar-refractivity contribution in [2.24, 2.45) is 5.92 Å². The van der Waals surface area contributed by atoms with Crippen LogP contribution in [0.1, 0.15) is 27.2 Å². The van der Waals surface area contributed by atoms with Crippen molar-refractivity contribution < 1.29 is 23.6 Å². The quantitative estimate of drug-likeness (QED) is 0.605. The van der Waals surface area contributed by atoms with Gasteiger partial charge in [-0.3, -0.25) is 10.1 Å². The number of amides is 1. The molecule has 0 radical (unpaired) electrons. The average Bonchev–Trinajstić information content (AvgIpc) is 3.17. The van der Waals surface area contributed by atoms with Gasteiger partial charge < -0.3 is 18.8 Å². The molecular weight excluding hydrogens is 342 g/mol. The zero-order valence-corrected chi connectivity index (χ0v) is 14.9. The predicted octanol–water partition coefficient (Wildman–Crippen LogP) is 3.37. The Hall–Kier alpha value is -2.84. The summed E-state index contributed by atoms with van der Waals surface area (Å²) in [6.45, 7) is 7.00. The largest absolute Gasteiger partial charge is 0.450 e. The van der Waals surface area contributed by atoms with Crippen molar-refractivity contribution >= 4 is 22.9 Å². The molecule has 1 amide bonds. The lowest BCUT2D eigenvalue weighted by atomic mass is 10.1. The SMILES string of the molecule is CC(C)(C)OC(=O)N1CC[C@H](COc2nc3cc([N+](=O)[O-])ccc3o2)C1. The molecule has 1 aromatic heterocycles. The van der Waals surface area contributed by atoms with Crippen molar-refractivity contribution in [1.82, 2.24) is 9.88 Å². The Morgan fingerprint density at radius 1 is 1.46 bits per heavy atom. The molecule has 1 atom stereocenters. The van der Waals surface area contributed by atoms with Crippen LogP contribution in [0.4, 0.5) is 10.5 Å². The summed E-state index contributed by atoms with van der Waals surface area (Å²) >= 11 is 0. The maximum absolute atomic E-state index is 12.1. The molecule has 0 unspecified atom stereocenters. The van der Waals surface area contributed by atoms with E-state index in [9.17, 15) is 14.9 Å². The normalized spacial score (nSPS) is 17.5. The fourth-order valence-corrected chi connectivity index (χ4v) is 2.72. The van der Waals surface area contributed by atoms with E-state index in [-0.39, 0.29) is 23.8 Å². The van der Waals surface area contributed by atoms with Crippen molar-refractivity contribution in [3.05, 3.63) is 28.3 Å². The van der Waals surface area contributed by atoms with E-state index in [1.54, 1.807) is 4.90 Å². The third kappa shape index (κ3) is 4.22. The Kier molecular flexibility index (Phi) is 4.71. The van der Waals surface area contributed by atoms with E-state index in [1.807, 2.05) is 20.8 Å². The smallest absolute Gasteiger partial charge is 0.410 e. The lowest BCUT2D eigenvalue weighted by molar-refractivity contribution is -0.384. The van der Waals surface area contributed by atoms with Crippen molar-refractivity contribution in [3.63, 3.8) is 0 Å². The van der Waals surface area contributed by atoms with Crippen molar-refractivity contribution in [2.75, 3.05) is 19.7 Å². The third-order valence-corrected chi connectivity index (χ3v) is 3.94. The van der Waals surface area contributed by atoms with E-state index in [2.05, 4.69) is 4.98 Å². The average molecular weight is 363 g/mol. The number of ether oxygens (including phenoxy) is 2. The van der Waals surface area contributed by atoms with Gasteiger partial charge in [-0.15, -0.1) is 0 Å². The number of hydrogen-bond donors (Lipinski definition) is 0. The fourth-order valence-electron chi connectivity index (χ4n) is 2.72. The fraction of sp³-hybridized carbons (Fsp3) is 0.529. The number of carbonyl (C=O) groups is 1. The molecule has 1 aliphatic heterocycles. The lowest BCUT2D eigenvalue weighted by Crippen LogP contribution is -2.35. The van der Waals surface area contributed by atoms with Crippen LogP contribution in [0, 0.1) is 16.0 Å². The number of aromatic nitrogens is 1. The third-order valence-electron chi connectivity index (χ3n) is 3.94. The highest BCUT2D eigenvalue weighted by Gasteiger charge is 2.30. The summed E-state index contributed by atoms with van der Waals surface area (Å²) in [7, 11) is 0. The molecule has 2 aromatic rings. The molecule has 9 nitrogen and oxygen atoms in total. The molecule has 1 aromatic carbocycles. The molecule has 0 N–H and O–H groups in total. The first-order valence-electron chi connectivity index (χ1n) is 8.37. The van der Waals surface area contributed by atoms with Crippen LogP contribution in [0.5, 0.6) is 6.08 Å². The summed E-state index contributed by atoms with van der Waals surface area (Å²) < 4.78 is 16.4. The minimum Gasteiger partial charge on any atom is -0.450 e. The summed E-state index contributed by atoms with van der Waals surface area (Å²) in [6, 6.07) is 4.19. The second-order valence-electron chi connectivity index (χ2n) is 7.28. The summed E-state index contributed by atoms with van der Waals surface area (Å²) in [5.41, 5.74) is 0.219. The first kappa shape index (κ1) is 18.0. The van der Waals surface area contributed by atoms with E-state index in [0.717, 1.165) is 6.42 Å². The highest BCUT2D eigenvalue weighted by atomic mass is 16.6. The molecule has 1 fully saturated rings. The van der Waals surface area contributed by atoms with Gasteiger partial charge >= 0.3 is 12.2 Å². The van der Waals surface area contributed by atoms with Gasteiger partial charge in [0.2, 0.25) is 0 Å². The highest BCUT2D eigenvalue weighted by molar-refractivity contribution is 5.75. The first-order chi connectivity index (χ1) is 12.2. The number of non-ortho nitro benzene ring substituents is 1. The Balaban J connectivity index is 1.56. The van der Waals surface area contributed by atoms with Crippen LogP contribution in [-0.2, 0) is 4.74 Å². The highest BCUT2D eigenvalue weighted by Crippen LogP contribution is 2.26. The number of hydrogen-bond acceptors (Lipinski definition) is 7. The predicted molar refractivity (Wildman–Crippen MR) is 92.1 cm³/mol. The lowest BCUT2D eigenvalue weighted by Gasteiger charge is -2.24. The number of oxazole rings is 1. The van der Waals surface area contributed by atoms with Gasteiger partial charge in [-0.1, -0.05) is 0 Å². The Bertz CT molecular complexity index is 826. The molecule has 2 heterocycles. The molecule has 1 saturated heterocycles. The second-order valence-corrected chi connectivity index (χ2v) is 7.28. The van der Waals surface area contributed by atoms with Crippen LogP contribution < -0.4 is 4.74 Å². The molecule has 1 aliphatic rings. The van der Waals surface area contributed by atoms with Gasteiger partial charge in [-0.05, 0) is 33.3 Å². The number of benzene rings is 1. The number of nitro benzene ring substituents is 1. The molecule has 0 spiro atoms. The maximum Gasteiger partial charge on any atom is 0.410 e. The second kappa shape index (κ2) is 6.81. The van der Waals surface area contributed by atoms with Crippen LogP contribution in [0.15, 0.2) is 22.6 Å². The Labute approximate surface area is 150 Å². The van der Waals surface area contributed by atoms with Crippen LogP contribution >= 0.6 is 0 Å². The first-order valence-corrected chi connectivity index (χ1v) is 8.37. The molecule has 9 heteroatoms. The summed E-state index contributed by atoms with van der Waals surface area (Å²) in [5, 5.41) is 10.8. The van der Waals surface area contributed by atoms with E-state index >= 15 is 0 Å². The van der Waals surface area contributed by atoms with Crippen molar-refractivity contribution in [1.29, 1.82) is 0 Å². The van der Waals surface area contributed by atoms with Gasteiger partial charge in [0.25, 0.3) is 5.69 Å². The number of likely N-dealkylation sites (tertiary alicyclic amines) is 1. The topological polar surface area (TPSA) is 108 Å². The van der Waals surface area contributed by atoms with Crippen molar-refractivity contribution in [3.8, 4) is 6.08 Å². The standard InChI is InChI=1S/C17H21N3O6/c1-17(2,3)26-16(21)19-7-6-11(9-19)10-24-15-18-13-8-12(20(22)23)4-5-14(13)25-15/h4-5,8,11H,6-7,9-10H2,1-3H3/t11-/m0/s1. The van der Waals surface area contributed by atoms with Crippen molar-refractivity contribution in [2.45, 2.75) is 32.8 Å². The molecule has 26 heavy (non-hydrogen) atoms. The van der Waals surface area contributed by atoms with Crippen LogP contribution in [0.25, 0.3) is 11.1 Å². The zero-order valence-electron chi connectivity index (χ0n) is 14.9. The van der Waals surface area contributed by atoms with Gasteiger partial charge in [-0.2, -0.15) is 4.98 Å². The molecule has 3 rings (SSSR count). The Morgan fingerprint density at radius 2 is 2.23 bits per heavy atom. The van der Waals surface area contributed by atoms with Gasteiger partial charge in [0.15, 0.2) is 5.58 Å². The molecule has 140 valence electrons. The number of carbonyl (C=O) groups excluding carboxylic acids is 1. The zero-order chi connectivity index (χ0) is 18.9. The van der Waals surface area contributed by atoms with Gasteiger partial charge in [0.1, 0.15) is 11.1 Å². The summed E-state index contributed by atoms with van der Waals surface area (Å²) in [4.78, 5) is 28.2. The maximum atomic E-state index is 12.1. The van der Waals surface area contributed by atoms with Gasteiger partial charge in [0, 0.05) is 31.1 Å². The van der Waals surface area contributed by atoms with Crippen LogP contribution in [0.3, 0.4) is 0 Å². The number of fused-ring (bicyclic) bond motifs is 1. The van der Waals surface area contributed by atoms with Crippen LogP contribution in [-0.4, -0.2) is 46.2 Å². The number of rotatable bonds is 4. The van der Waals surface area contributed by atoms with Crippen LogP contribution in [0.2, 0.25) is 0 Å². The monoisotopic (exact) mass is 363 g/mol. The summed E-state index contributed by atoms with van der Waals surface area (Å²) in [5.74, 6) is 0.145. The molecule has 0 saturated carbocycles. The van der Waals surface area contributed by atoms with Gasteiger partial charge in [0.05, 0.1) is 11.5 Å². The number of nitro groups is 1. The minimum atomic E-state index is -0.521. The summed E-state index contributed by atoms with van der Waals surface area (Å²) in [6.07, 6.45) is 0.538. The Morgan fingerprint density at radius 3 is 2.92 bits per heavy atom. The molecule has 0 bridgehead atoms. The van der Waals surface area contributed by atoms with E-state index < -0.39 is 10.5 Å². The number of nitrogens with zero attached hydrogens (tertiary/aromatic N) is 3. The van der Waals surface area contributed by atoms with E-state index in [0.29, 0.717) is 30.8 Å². The van der Waals surface area contributed by atoms with Gasteiger partial charge in [-0.25, -0.2) is 4.79 Å². The molecular formula is C17H21N3O6. The van der Waals surface area contributed by atoms with E-state index in [4.69, 9.17) is 13.9 Å². The van der Waals surface area contributed by atoms with E-state index in [1.165, 1.54) is 18.2 Å².